The van der Waals surface area contributed by atoms with Gasteiger partial charge in [0.1, 0.15) is 11.5 Å². The first-order valence-electron chi connectivity index (χ1n) is 8.54. The Hall–Kier alpha value is -2.57. The van der Waals surface area contributed by atoms with Gasteiger partial charge in [0, 0.05) is 19.5 Å². The molecular formula is C20H26N2O4. The summed E-state index contributed by atoms with van der Waals surface area (Å²) >= 11 is 0. The molecule has 2 atom stereocenters. The Bertz CT molecular complexity index is 731. The number of aromatic hydroxyl groups is 1. The molecule has 4 N–H and O–H groups in total. The molecule has 2 aromatic carbocycles. The van der Waals surface area contributed by atoms with Crippen LogP contribution in [0.2, 0.25) is 0 Å². The van der Waals surface area contributed by atoms with Gasteiger partial charge in [-0.25, -0.2) is 0 Å². The highest BCUT2D eigenvalue weighted by atomic mass is 16.5. The topological polar surface area (TPSA) is 90.8 Å². The van der Waals surface area contributed by atoms with Crippen molar-refractivity contribution >= 4 is 11.6 Å². The molecule has 140 valence electrons. The number of hydrogen-bond acceptors (Lipinski definition) is 5. The lowest BCUT2D eigenvalue weighted by Gasteiger charge is -2.18. The number of hydrogen-bond donors (Lipinski definition) is 4. The van der Waals surface area contributed by atoms with E-state index >= 15 is 0 Å². The van der Waals surface area contributed by atoms with Crippen molar-refractivity contribution in [3.05, 3.63) is 53.6 Å². The van der Waals surface area contributed by atoms with Crippen LogP contribution >= 0.6 is 0 Å². The number of anilines is 1. The molecule has 2 aromatic rings. The average Bonchev–Trinajstić information content (AvgIpc) is 2.62. The molecule has 1 amide bonds. The van der Waals surface area contributed by atoms with Crippen molar-refractivity contribution in [1.82, 2.24) is 5.32 Å². The Kier molecular flexibility index (Phi) is 7.00. The number of rotatable bonds is 8. The maximum absolute atomic E-state index is 11.2. The van der Waals surface area contributed by atoms with Crippen molar-refractivity contribution in [1.29, 1.82) is 0 Å². The fourth-order valence-electron chi connectivity index (χ4n) is 2.67. The van der Waals surface area contributed by atoms with Crippen LogP contribution in [0.15, 0.2) is 42.5 Å². The van der Waals surface area contributed by atoms with Crippen LogP contribution in [-0.2, 0) is 11.2 Å². The highest BCUT2D eigenvalue weighted by Crippen LogP contribution is 2.27. The fraction of sp³-hybridized carbons (Fsp3) is 0.350. The number of ether oxygens (including phenoxy) is 1. The van der Waals surface area contributed by atoms with Crippen molar-refractivity contribution in [2.45, 2.75) is 32.4 Å². The monoisotopic (exact) mass is 358 g/mol. The number of phenols is 1. The van der Waals surface area contributed by atoms with E-state index in [0.29, 0.717) is 17.8 Å². The summed E-state index contributed by atoms with van der Waals surface area (Å²) in [5.74, 6) is 0.516. The number of aliphatic hydroxyl groups excluding tert-OH is 1. The number of methoxy groups -OCH3 is 1. The highest BCUT2D eigenvalue weighted by Gasteiger charge is 2.13. The molecule has 0 fully saturated rings. The Balaban J connectivity index is 1.90. The van der Waals surface area contributed by atoms with Crippen LogP contribution in [0.4, 0.5) is 5.69 Å². The summed E-state index contributed by atoms with van der Waals surface area (Å²) in [5.41, 5.74) is 2.09. The van der Waals surface area contributed by atoms with Crippen molar-refractivity contribution < 1.29 is 19.7 Å². The van der Waals surface area contributed by atoms with Gasteiger partial charge in [-0.05, 0) is 48.7 Å². The van der Waals surface area contributed by atoms with Gasteiger partial charge in [0.05, 0.1) is 18.9 Å². The molecule has 0 heterocycles. The Labute approximate surface area is 153 Å². The van der Waals surface area contributed by atoms with Crippen LogP contribution in [0.1, 0.15) is 31.1 Å². The standard InChI is InChI=1S/C20H26N2O4/c1-13(10-15-4-7-17(26-3)8-5-15)21-12-20(25)16-6-9-19(24)18(11-16)22-14(2)23/h4-9,11,13,20-21,24-25H,10,12H2,1-3H3,(H,22,23)/t13-,20-/m1/s1. The smallest absolute Gasteiger partial charge is 0.221 e. The van der Waals surface area contributed by atoms with Gasteiger partial charge in [-0.2, -0.15) is 0 Å². The molecule has 26 heavy (non-hydrogen) atoms. The molecule has 0 bridgehead atoms. The molecular weight excluding hydrogens is 332 g/mol. The summed E-state index contributed by atoms with van der Waals surface area (Å²) < 4.78 is 5.15. The summed E-state index contributed by atoms with van der Waals surface area (Å²) in [6.07, 6.45) is 0.0742. The second kappa shape index (κ2) is 9.22. The van der Waals surface area contributed by atoms with Crippen LogP contribution in [0.3, 0.4) is 0 Å². The van der Waals surface area contributed by atoms with Gasteiger partial charge in [0.25, 0.3) is 0 Å². The summed E-state index contributed by atoms with van der Waals surface area (Å²) in [5, 5.41) is 26.0. The third-order valence-electron chi connectivity index (χ3n) is 4.08. The average molecular weight is 358 g/mol. The minimum absolute atomic E-state index is 0.0306. The lowest BCUT2D eigenvalue weighted by atomic mass is 10.1. The van der Waals surface area contributed by atoms with E-state index in [-0.39, 0.29) is 17.7 Å². The van der Waals surface area contributed by atoms with Crippen LogP contribution in [0.5, 0.6) is 11.5 Å². The molecule has 0 aliphatic heterocycles. The molecule has 0 aliphatic rings. The molecule has 0 spiro atoms. The molecule has 2 rings (SSSR count). The van der Waals surface area contributed by atoms with E-state index < -0.39 is 6.10 Å². The molecule has 6 heteroatoms. The quantitative estimate of drug-likeness (QED) is 0.545. The first kappa shape index (κ1) is 19.8. The van der Waals surface area contributed by atoms with Gasteiger partial charge in [0.15, 0.2) is 0 Å². The molecule has 6 nitrogen and oxygen atoms in total. The van der Waals surface area contributed by atoms with Crippen molar-refractivity contribution in [2.24, 2.45) is 0 Å². The predicted molar refractivity (Wildman–Crippen MR) is 102 cm³/mol. The molecule has 0 aliphatic carbocycles. The van der Waals surface area contributed by atoms with Crippen molar-refractivity contribution in [2.75, 3.05) is 19.0 Å². The van der Waals surface area contributed by atoms with E-state index in [1.54, 1.807) is 19.2 Å². The number of amides is 1. The first-order chi connectivity index (χ1) is 12.4. The van der Waals surface area contributed by atoms with Gasteiger partial charge < -0.3 is 25.6 Å². The lowest BCUT2D eigenvalue weighted by molar-refractivity contribution is -0.114. The van der Waals surface area contributed by atoms with Gasteiger partial charge in [-0.1, -0.05) is 18.2 Å². The number of nitrogens with one attached hydrogen (secondary N) is 2. The minimum Gasteiger partial charge on any atom is -0.506 e. The van der Waals surface area contributed by atoms with Crippen LogP contribution < -0.4 is 15.4 Å². The summed E-state index contributed by atoms with van der Waals surface area (Å²) in [6, 6.07) is 12.8. The minimum atomic E-state index is -0.749. The Morgan fingerprint density at radius 2 is 1.88 bits per heavy atom. The van der Waals surface area contributed by atoms with E-state index in [2.05, 4.69) is 17.6 Å². The Morgan fingerprint density at radius 1 is 1.19 bits per heavy atom. The number of phenolic OH excluding ortho intramolecular Hbond substituents is 1. The second-order valence-electron chi connectivity index (χ2n) is 6.34. The normalized spacial score (nSPS) is 13.1. The maximum atomic E-state index is 11.2. The third kappa shape index (κ3) is 5.75. The predicted octanol–water partition coefficient (Wildman–Crippen LogP) is 2.61. The zero-order chi connectivity index (χ0) is 19.1. The van der Waals surface area contributed by atoms with E-state index in [4.69, 9.17) is 4.74 Å². The third-order valence-corrected chi connectivity index (χ3v) is 4.08. The largest absolute Gasteiger partial charge is 0.506 e. The zero-order valence-corrected chi connectivity index (χ0v) is 15.3. The van der Waals surface area contributed by atoms with Gasteiger partial charge in [-0.15, -0.1) is 0 Å². The van der Waals surface area contributed by atoms with Crippen molar-refractivity contribution in [3.8, 4) is 11.5 Å². The molecule has 0 unspecified atom stereocenters. The van der Waals surface area contributed by atoms with E-state index in [1.807, 2.05) is 24.3 Å². The molecule has 0 saturated heterocycles. The molecule has 0 radical (unpaired) electrons. The molecule has 0 saturated carbocycles. The van der Waals surface area contributed by atoms with Crippen molar-refractivity contribution in [3.63, 3.8) is 0 Å². The number of benzene rings is 2. The van der Waals surface area contributed by atoms with Crippen LogP contribution in [-0.4, -0.2) is 35.8 Å². The summed E-state index contributed by atoms with van der Waals surface area (Å²) in [6.45, 7) is 3.78. The van der Waals surface area contributed by atoms with Crippen LogP contribution in [0.25, 0.3) is 0 Å². The van der Waals surface area contributed by atoms with Crippen LogP contribution in [0, 0.1) is 0 Å². The number of carbonyl (C=O) groups excluding carboxylic acids is 1. The van der Waals surface area contributed by atoms with E-state index in [1.165, 1.54) is 18.6 Å². The number of carbonyl (C=O) groups is 1. The highest BCUT2D eigenvalue weighted by molar-refractivity contribution is 5.90. The zero-order valence-electron chi connectivity index (χ0n) is 15.3. The fourth-order valence-corrected chi connectivity index (χ4v) is 2.67. The first-order valence-corrected chi connectivity index (χ1v) is 8.54. The van der Waals surface area contributed by atoms with Gasteiger partial charge >= 0.3 is 0 Å². The Morgan fingerprint density at radius 3 is 2.50 bits per heavy atom. The van der Waals surface area contributed by atoms with Gasteiger partial charge in [0.2, 0.25) is 5.91 Å². The summed E-state index contributed by atoms with van der Waals surface area (Å²) in [7, 11) is 1.64. The molecule has 0 aromatic heterocycles. The lowest BCUT2D eigenvalue weighted by Crippen LogP contribution is -2.32. The van der Waals surface area contributed by atoms with Gasteiger partial charge in [-0.3, -0.25) is 4.79 Å². The van der Waals surface area contributed by atoms with E-state index in [0.717, 1.165) is 12.2 Å². The van der Waals surface area contributed by atoms with E-state index in [9.17, 15) is 15.0 Å². The maximum Gasteiger partial charge on any atom is 0.221 e. The second-order valence-corrected chi connectivity index (χ2v) is 6.34. The summed E-state index contributed by atoms with van der Waals surface area (Å²) in [4.78, 5) is 11.2. The SMILES string of the molecule is COc1ccc(C[C@@H](C)NC[C@@H](O)c2ccc(O)c(NC(C)=O)c2)cc1. The number of aliphatic hydroxyl groups is 1.